The minimum atomic E-state index is -3.62. The molecule has 9 heteroatoms. The summed E-state index contributed by atoms with van der Waals surface area (Å²) >= 11 is 4.70. The predicted octanol–water partition coefficient (Wildman–Crippen LogP) is -0.595. The van der Waals surface area contributed by atoms with Crippen LogP contribution in [0.5, 0.6) is 0 Å². The lowest BCUT2D eigenvalue weighted by molar-refractivity contribution is 0.546. The van der Waals surface area contributed by atoms with Gasteiger partial charge in [-0.25, -0.2) is 21.6 Å². The molecule has 17 heavy (non-hydrogen) atoms. The molecular weight excluding hydrogens is 284 g/mol. The Morgan fingerprint density at radius 1 is 1.29 bits per heavy atom. The average molecular weight is 302 g/mol. The van der Waals surface area contributed by atoms with Gasteiger partial charge < -0.3 is 5.73 Å². The summed E-state index contributed by atoms with van der Waals surface area (Å²) in [6.45, 7) is 1.79. The molecule has 3 N–H and O–H groups in total. The Morgan fingerprint density at radius 2 is 1.82 bits per heavy atom. The minimum Gasteiger partial charge on any atom is -0.393 e. The summed E-state index contributed by atoms with van der Waals surface area (Å²) in [6.07, 6.45) is 1.80. The van der Waals surface area contributed by atoms with Gasteiger partial charge in [-0.15, -0.1) is 0 Å². The van der Waals surface area contributed by atoms with E-state index in [2.05, 4.69) is 4.72 Å². The molecular formula is C8H18N2O4S3. The lowest BCUT2D eigenvalue weighted by Crippen LogP contribution is -2.39. The molecule has 0 fully saturated rings. The fourth-order valence-corrected chi connectivity index (χ4v) is 4.25. The van der Waals surface area contributed by atoms with Crippen LogP contribution in [0.4, 0.5) is 0 Å². The van der Waals surface area contributed by atoms with E-state index in [1.54, 1.807) is 6.92 Å². The van der Waals surface area contributed by atoms with Crippen molar-refractivity contribution in [3.8, 4) is 0 Å². The second-order valence-corrected chi connectivity index (χ2v) is 8.50. The summed E-state index contributed by atoms with van der Waals surface area (Å²) in [5, 5.41) is 0. The molecule has 0 heterocycles. The summed E-state index contributed by atoms with van der Waals surface area (Å²) < 4.78 is 47.3. The molecule has 0 aromatic heterocycles. The molecule has 0 saturated carbocycles. The van der Waals surface area contributed by atoms with Gasteiger partial charge in [-0.2, -0.15) is 0 Å². The van der Waals surface area contributed by atoms with Crippen LogP contribution in [0, 0.1) is 0 Å². The van der Waals surface area contributed by atoms with Crippen molar-refractivity contribution in [2.75, 3.05) is 17.8 Å². The Labute approximate surface area is 108 Å². The van der Waals surface area contributed by atoms with E-state index in [4.69, 9.17) is 18.0 Å². The molecule has 1 unspecified atom stereocenters. The lowest BCUT2D eigenvalue weighted by atomic mass is 10.2. The third-order valence-electron chi connectivity index (χ3n) is 2.01. The standard InChI is InChI=1S/C8H18N2O4S3/c1-3-7(6-8(9)15)10-17(13,14)5-4-16(2,11)12/h7,10H,3-6H2,1-2H3,(H2,9,15). The third kappa shape index (κ3) is 9.45. The highest BCUT2D eigenvalue weighted by Crippen LogP contribution is 2.01. The molecule has 0 rings (SSSR count). The maximum atomic E-state index is 11.6. The Bertz CT molecular complexity index is 455. The molecule has 1 atom stereocenters. The van der Waals surface area contributed by atoms with Gasteiger partial charge in [-0.3, -0.25) is 0 Å². The maximum Gasteiger partial charge on any atom is 0.212 e. The Balaban J connectivity index is 4.47. The molecule has 0 aromatic rings. The van der Waals surface area contributed by atoms with E-state index in [1.165, 1.54) is 0 Å². The van der Waals surface area contributed by atoms with Gasteiger partial charge in [0.25, 0.3) is 0 Å². The first kappa shape index (κ1) is 16.8. The van der Waals surface area contributed by atoms with Gasteiger partial charge in [-0.1, -0.05) is 19.1 Å². The van der Waals surface area contributed by atoms with E-state index in [-0.39, 0.29) is 17.5 Å². The largest absolute Gasteiger partial charge is 0.393 e. The van der Waals surface area contributed by atoms with Gasteiger partial charge in [0.2, 0.25) is 10.0 Å². The van der Waals surface area contributed by atoms with Crippen molar-refractivity contribution in [1.82, 2.24) is 4.72 Å². The minimum absolute atomic E-state index is 0.225. The number of rotatable bonds is 8. The van der Waals surface area contributed by atoms with E-state index >= 15 is 0 Å². The number of hydrogen-bond acceptors (Lipinski definition) is 5. The van der Waals surface area contributed by atoms with E-state index in [0.29, 0.717) is 6.42 Å². The zero-order valence-electron chi connectivity index (χ0n) is 9.84. The molecule has 0 amide bonds. The van der Waals surface area contributed by atoms with Crippen molar-refractivity contribution in [1.29, 1.82) is 0 Å². The lowest BCUT2D eigenvalue weighted by Gasteiger charge is -2.16. The Morgan fingerprint density at radius 3 is 2.18 bits per heavy atom. The van der Waals surface area contributed by atoms with E-state index in [9.17, 15) is 16.8 Å². The smallest absolute Gasteiger partial charge is 0.212 e. The highest BCUT2D eigenvalue weighted by molar-refractivity contribution is 7.93. The van der Waals surface area contributed by atoms with Crippen LogP contribution in [0.2, 0.25) is 0 Å². The number of hydrogen-bond donors (Lipinski definition) is 2. The number of nitrogens with two attached hydrogens (primary N) is 1. The first-order valence-electron chi connectivity index (χ1n) is 5.02. The molecule has 102 valence electrons. The highest BCUT2D eigenvalue weighted by atomic mass is 32.2. The predicted molar refractivity (Wildman–Crippen MR) is 72.1 cm³/mol. The van der Waals surface area contributed by atoms with Crippen molar-refractivity contribution in [2.45, 2.75) is 25.8 Å². The van der Waals surface area contributed by atoms with Crippen molar-refractivity contribution >= 4 is 37.1 Å². The van der Waals surface area contributed by atoms with Crippen molar-refractivity contribution < 1.29 is 16.8 Å². The first-order valence-corrected chi connectivity index (χ1v) is 9.14. The van der Waals surface area contributed by atoms with Crippen LogP contribution in [0.15, 0.2) is 0 Å². The number of nitrogens with one attached hydrogen (secondary N) is 1. The van der Waals surface area contributed by atoms with Gasteiger partial charge in [0, 0.05) is 18.7 Å². The van der Waals surface area contributed by atoms with Crippen LogP contribution in [0.1, 0.15) is 19.8 Å². The zero-order chi connectivity index (χ0) is 13.7. The van der Waals surface area contributed by atoms with E-state index in [1.807, 2.05) is 0 Å². The monoisotopic (exact) mass is 302 g/mol. The quantitative estimate of drug-likeness (QED) is 0.580. The molecule has 0 bridgehead atoms. The van der Waals surface area contributed by atoms with E-state index in [0.717, 1.165) is 6.26 Å². The van der Waals surface area contributed by atoms with Gasteiger partial charge in [0.05, 0.1) is 16.5 Å². The number of thiocarbonyl (C=S) groups is 1. The summed E-state index contributed by atoms with van der Waals surface area (Å²) in [5.74, 6) is -0.842. The maximum absolute atomic E-state index is 11.6. The molecule has 0 aromatic carbocycles. The van der Waals surface area contributed by atoms with Gasteiger partial charge >= 0.3 is 0 Å². The molecule has 0 aliphatic heterocycles. The molecule has 0 spiro atoms. The second kappa shape index (κ2) is 6.62. The SMILES string of the molecule is CCC(CC(N)=S)NS(=O)(=O)CCS(C)(=O)=O. The van der Waals surface area contributed by atoms with Crippen LogP contribution < -0.4 is 10.5 Å². The molecule has 0 aliphatic carbocycles. The van der Waals surface area contributed by atoms with Crippen molar-refractivity contribution in [2.24, 2.45) is 5.73 Å². The van der Waals surface area contributed by atoms with Crippen molar-refractivity contribution in [3.05, 3.63) is 0 Å². The average Bonchev–Trinajstić information content (AvgIpc) is 2.12. The molecule has 0 aliphatic rings. The van der Waals surface area contributed by atoms with Gasteiger partial charge in [0.15, 0.2) is 0 Å². The molecule has 0 saturated heterocycles. The molecule has 0 radical (unpaired) electrons. The summed E-state index contributed by atoms with van der Waals surface area (Å²) in [6, 6.07) is -0.378. The van der Waals surface area contributed by atoms with Gasteiger partial charge in [0.1, 0.15) is 9.84 Å². The summed E-state index contributed by atoms with van der Waals surface area (Å²) in [4.78, 5) is 0.225. The van der Waals surface area contributed by atoms with Gasteiger partial charge in [-0.05, 0) is 6.42 Å². The summed E-state index contributed by atoms with van der Waals surface area (Å²) in [7, 11) is -6.91. The number of sulfone groups is 1. The fourth-order valence-electron chi connectivity index (χ4n) is 1.09. The fraction of sp³-hybridized carbons (Fsp3) is 0.875. The van der Waals surface area contributed by atoms with Crippen molar-refractivity contribution in [3.63, 3.8) is 0 Å². The molecule has 6 nitrogen and oxygen atoms in total. The van der Waals surface area contributed by atoms with Crippen LogP contribution in [0.25, 0.3) is 0 Å². The van der Waals surface area contributed by atoms with Crippen LogP contribution in [-0.2, 0) is 19.9 Å². The Hall–Kier alpha value is -0.250. The summed E-state index contributed by atoms with van der Waals surface area (Å²) in [5.41, 5.74) is 5.33. The highest BCUT2D eigenvalue weighted by Gasteiger charge is 2.19. The van der Waals surface area contributed by atoms with E-state index < -0.39 is 31.4 Å². The van der Waals surface area contributed by atoms with Crippen LogP contribution >= 0.6 is 12.2 Å². The normalized spacial score (nSPS) is 14.5. The second-order valence-electron chi connectivity index (χ2n) is 3.84. The Kier molecular flexibility index (Phi) is 6.52. The third-order valence-corrected chi connectivity index (χ3v) is 4.81. The topological polar surface area (TPSA) is 106 Å². The van der Waals surface area contributed by atoms with Crippen LogP contribution in [-0.4, -0.2) is 45.6 Å². The first-order chi connectivity index (χ1) is 7.56. The zero-order valence-corrected chi connectivity index (χ0v) is 12.3. The van der Waals surface area contributed by atoms with Crippen LogP contribution in [0.3, 0.4) is 0 Å². The number of sulfonamides is 1.